The Bertz CT molecular complexity index is 447. The Kier molecular flexibility index (Phi) is 5.06. The molecule has 0 aromatic heterocycles. The zero-order valence-corrected chi connectivity index (χ0v) is 12.0. The molecule has 1 amide bonds. The third-order valence-corrected chi connectivity index (χ3v) is 4.46. The minimum Gasteiger partial charge on any atom is -0.355 e. The van der Waals surface area contributed by atoms with E-state index in [1.165, 1.54) is 12.1 Å². The molecule has 0 bridgehead atoms. The van der Waals surface area contributed by atoms with Crippen LogP contribution in [0.15, 0.2) is 18.2 Å². The molecular formula is C14H16Cl2FNO. The van der Waals surface area contributed by atoms with Gasteiger partial charge in [-0.3, -0.25) is 4.79 Å². The average Bonchev–Trinajstić information content (AvgIpc) is 2.77. The molecule has 19 heavy (non-hydrogen) atoms. The number of nitrogens with one attached hydrogen (secondary N) is 1. The van der Waals surface area contributed by atoms with Gasteiger partial charge in [0.15, 0.2) is 0 Å². The highest BCUT2D eigenvalue weighted by molar-refractivity contribution is 6.31. The summed E-state index contributed by atoms with van der Waals surface area (Å²) in [5, 5.41) is 3.23. The van der Waals surface area contributed by atoms with Crippen LogP contribution in [0.5, 0.6) is 0 Å². The molecule has 1 saturated carbocycles. The van der Waals surface area contributed by atoms with Gasteiger partial charge in [-0.15, -0.1) is 11.6 Å². The van der Waals surface area contributed by atoms with Crippen molar-refractivity contribution in [3.05, 3.63) is 34.6 Å². The van der Waals surface area contributed by atoms with Crippen molar-refractivity contribution in [3.8, 4) is 0 Å². The summed E-state index contributed by atoms with van der Waals surface area (Å²) in [7, 11) is 0. The molecule has 104 valence electrons. The molecule has 1 aromatic carbocycles. The van der Waals surface area contributed by atoms with Crippen molar-refractivity contribution in [3.63, 3.8) is 0 Å². The number of amides is 1. The number of halogens is 3. The molecule has 0 radical (unpaired) electrons. The summed E-state index contributed by atoms with van der Waals surface area (Å²) in [6.07, 6.45) is 3.11. The molecule has 0 spiro atoms. The van der Waals surface area contributed by atoms with E-state index >= 15 is 0 Å². The Morgan fingerprint density at radius 2 is 2.21 bits per heavy atom. The normalized spacial score (nSPS) is 22.5. The van der Waals surface area contributed by atoms with Crippen LogP contribution in [0.2, 0.25) is 5.02 Å². The summed E-state index contributed by atoms with van der Waals surface area (Å²) in [4.78, 5) is 11.8. The van der Waals surface area contributed by atoms with E-state index in [4.69, 9.17) is 23.2 Å². The van der Waals surface area contributed by atoms with Gasteiger partial charge < -0.3 is 5.32 Å². The second-order valence-electron chi connectivity index (χ2n) is 4.89. The molecule has 0 heterocycles. The fraction of sp³-hybridized carbons (Fsp3) is 0.500. The highest BCUT2D eigenvalue weighted by atomic mass is 35.5. The van der Waals surface area contributed by atoms with Crippen molar-refractivity contribution in [2.24, 2.45) is 5.92 Å². The molecule has 1 aromatic rings. The fourth-order valence-electron chi connectivity index (χ4n) is 2.39. The zero-order valence-electron chi connectivity index (χ0n) is 10.5. The lowest BCUT2D eigenvalue weighted by atomic mass is 10.1. The van der Waals surface area contributed by atoms with Crippen LogP contribution in [0.4, 0.5) is 4.39 Å². The van der Waals surface area contributed by atoms with Crippen molar-refractivity contribution in [2.45, 2.75) is 31.1 Å². The number of benzene rings is 1. The topological polar surface area (TPSA) is 29.1 Å². The second-order valence-corrected chi connectivity index (χ2v) is 5.86. The summed E-state index contributed by atoms with van der Waals surface area (Å²) in [6, 6.07) is 4.41. The standard InChI is InChI=1S/C14H16Cl2FNO/c15-11-4-1-3-9(11)8-18-14(19)7-10-12(16)5-2-6-13(10)17/h2,5-6,9,11H,1,3-4,7-8H2,(H,18,19). The van der Waals surface area contributed by atoms with Gasteiger partial charge in [0, 0.05) is 22.5 Å². The van der Waals surface area contributed by atoms with Crippen LogP contribution in [0, 0.1) is 11.7 Å². The van der Waals surface area contributed by atoms with Gasteiger partial charge in [0.2, 0.25) is 5.91 Å². The smallest absolute Gasteiger partial charge is 0.224 e. The van der Waals surface area contributed by atoms with Gasteiger partial charge in [-0.05, 0) is 30.9 Å². The lowest BCUT2D eigenvalue weighted by molar-refractivity contribution is -0.120. The average molecular weight is 304 g/mol. The molecule has 1 N–H and O–H groups in total. The third kappa shape index (κ3) is 3.83. The largest absolute Gasteiger partial charge is 0.355 e. The van der Waals surface area contributed by atoms with Crippen LogP contribution in [-0.2, 0) is 11.2 Å². The number of rotatable bonds is 4. The van der Waals surface area contributed by atoms with E-state index in [-0.39, 0.29) is 28.3 Å². The van der Waals surface area contributed by atoms with E-state index in [2.05, 4.69) is 5.32 Å². The SMILES string of the molecule is O=C(Cc1c(F)cccc1Cl)NCC1CCCC1Cl. The van der Waals surface area contributed by atoms with Crippen LogP contribution < -0.4 is 5.32 Å². The lowest BCUT2D eigenvalue weighted by Gasteiger charge is -2.14. The van der Waals surface area contributed by atoms with Gasteiger partial charge in [-0.25, -0.2) is 4.39 Å². The quantitative estimate of drug-likeness (QED) is 0.847. The first-order valence-corrected chi connectivity index (χ1v) is 7.23. The van der Waals surface area contributed by atoms with Crippen molar-refractivity contribution in [1.82, 2.24) is 5.32 Å². The Balaban J connectivity index is 1.87. The van der Waals surface area contributed by atoms with E-state index in [0.29, 0.717) is 12.5 Å². The minimum absolute atomic E-state index is 0.0365. The van der Waals surface area contributed by atoms with Crippen LogP contribution in [0.3, 0.4) is 0 Å². The van der Waals surface area contributed by atoms with E-state index in [0.717, 1.165) is 19.3 Å². The lowest BCUT2D eigenvalue weighted by Crippen LogP contribution is -2.32. The Morgan fingerprint density at radius 1 is 1.42 bits per heavy atom. The second kappa shape index (κ2) is 6.58. The van der Waals surface area contributed by atoms with Crippen molar-refractivity contribution in [2.75, 3.05) is 6.54 Å². The summed E-state index contributed by atoms with van der Waals surface area (Å²) in [6.45, 7) is 0.555. The molecule has 0 aliphatic heterocycles. The molecule has 2 nitrogen and oxygen atoms in total. The van der Waals surface area contributed by atoms with E-state index in [9.17, 15) is 9.18 Å². The molecule has 1 aliphatic carbocycles. The van der Waals surface area contributed by atoms with Crippen LogP contribution in [0.25, 0.3) is 0 Å². The Labute approximate surface area is 122 Å². The monoisotopic (exact) mass is 303 g/mol. The van der Waals surface area contributed by atoms with Crippen LogP contribution >= 0.6 is 23.2 Å². The van der Waals surface area contributed by atoms with E-state index in [1.807, 2.05) is 0 Å². The molecule has 1 aliphatic rings. The number of hydrogen-bond acceptors (Lipinski definition) is 1. The van der Waals surface area contributed by atoms with Gasteiger partial charge in [-0.2, -0.15) is 0 Å². The summed E-state index contributed by atoms with van der Waals surface area (Å²) in [5.41, 5.74) is 0.246. The first-order chi connectivity index (χ1) is 9.08. The predicted molar refractivity (Wildman–Crippen MR) is 75.1 cm³/mol. The third-order valence-electron chi connectivity index (χ3n) is 3.53. The summed E-state index contributed by atoms with van der Waals surface area (Å²) in [5.74, 6) is -0.344. The van der Waals surface area contributed by atoms with Crippen LogP contribution in [-0.4, -0.2) is 17.8 Å². The maximum absolute atomic E-state index is 13.5. The minimum atomic E-state index is -0.446. The number of carbonyl (C=O) groups is 1. The van der Waals surface area contributed by atoms with Gasteiger partial charge in [-0.1, -0.05) is 24.1 Å². The van der Waals surface area contributed by atoms with Gasteiger partial charge in [0.25, 0.3) is 0 Å². The van der Waals surface area contributed by atoms with Crippen molar-refractivity contribution in [1.29, 1.82) is 0 Å². The van der Waals surface area contributed by atoms with Crippen molar-refractivity contribution >= 4 is 29.1 Å². The Morgan fingerprint density at radius 3 is 2.84 bits per heavy atom. The Hall–Kier alpha value is -0.800. The highest BCUT2D eigenvalue weighted by Gasteiger charge is 2.25. The number of hydrogen-bond donors (Lipinski definition) is 1. The number of carbonyl (C=O) groups excluding carboxylic acids is 1. The molecule has 2 rings (SSSR count). The predicted octanol–water partition coefficient (Wildman–Crippen LogP) is 3.55. The molecule has 5 heteroatoms. The highest BCUT2D eigenvalue weighted by Crippen LogP contribution is 2.29. The summed E-state index contributed by atoms with van der Waals surface area (Å²) >= 11 is 12.0. The van der Waals surface area contributed by atoms with Gasteiger partial charge >= 0.3 is 0 Å². The molecule has 0 saturated heterocycles. The molecule has 2 atom stereocenters. The zero-order chi connectivity index (χ0) is 13.8. The maximum atomic E-state index is 13.5. The fourth-order valence-corrected chi connectivity index (χ4v) is 2.99. The first-order valence-electron chi connectivity index (χ1n) is 6.41. The van der Waals surface area contributed by atoms with E-state index < -0.39 is 5.82 Å². The summed E-state index contributed by atoms with van der Waals surface area (Å²) < 4.78 is 13.5. The van der Waals surface area contributed by atoms with Crippen molar-refractivity contribution < 1.29 is 9.18 Å². The van der Waals surface area contributed by atoms with Gasteiger partial charge in [0.05, 0.1) is 6.42 Å². The van der Waals surface area contributed by atoms with Crippen LogP contribution in [0.1, 0.15) is 24.8 Å². The van der Waals surface area contributed by atoms with Gasteiger partial charge in [0.1, 0.15) is 5.82 Å². The molecule has 1 fully saturated rings. The maximum Gasteiger partial charge on any atom is 0.224 e. The number of alkyl halides is 1. The molecule has 2 unspecified atom stereocenters. The first kappa shape index (κ1) is 14.6. The molecular weight excluding hydrogens is 288 g/mol. The van der Waals surface area contributed by atoms with E-state index in [1.54, 1.807) is 6.07 Å².